The molecule has 0 unspecified atom stereocenters. The van der Waals surface area contributed by atoms with Crippen LogP contribution in [-0.4, -0.2) is 22.5 Å². The Morgan fingerprint density at radius 3 is 2.63 bits per heavy atom. The molecule has 19 heavy (non-hydrogen) atoms. The van der Waals surface area contributed by atoms with Crippen LogP contribution in [0.3, 0.4) is 0 Å². The van der Waals surface area contributed by atoms with E-state index >= 15 is 0 Å². The molecule has 0 aliphatic heterocycles. The Kier molecular flexibility index (Phi) is 5.09. The second-order valence-corrected chi connectivity index (χ2v) is 5.78. The van der Waals surface area contributed by atoms with E-state index in [1.807, 2.05) is 0 Å². The van der Waals surface area contributed by atoms with Crippen LogP contribution < -0.4 is 5.32 Å². The number of rotatable bonds is 6. The summed E-state index contributed by atoms with van der Waals surface area (Å²) in [4.78, 5) is 0.549. The Morgan fingerprint density at radius 1 is 1.26 bits per heavy atom. The molecule has 1 heterocycles. The van der Waals surface area contributed by atoms with Crippen molar-refractivity contribution in [3.63, 3.8) is 0 Å². The van der Waals surface area contributed by atoms with Crippen molar-refractivity contribution in [2.45, 2.75) is 24.0 Å². The summed E-state index contributed by atoms with van der Waals surface area (Å²) < 4.78 is 24.4. The third kappa shape index (κ3) is 4.14. The molecule has 0 atom stereocenters. The van der Waals surface area contributed by atoms with E-state index < -0.39 is 5.76 Å². The normalized spacial score (nSPS) is 10.9. The molecule has 0 fully saturated rings. The lowest BCUT2D eigenvalue weighted by Crippen LogP contribution is -1.98. The molecule has 7 heteroatoms. The number of benzene rings is 1. The highest BCUT2D eigenvalue weighted by molar-refractivity contribution is 7.99. The van der Waals surface area contributed by atoms with Crippen molar-refractivity contribution in [1.82, 2.24) is 10.2 Å². The standard InChI is InChI=1S/C12H13F2N3S2/c1-2-7-15-12-17-16-10(19-12)8-3-5-9(6-4-8)18-11(13)14/h3-6,11H,2,7H2,1H3,(H,15,17). The fourth-order valence-electron chi connectivity index (χ4n) is 1.42. The highest BCUT2D eigenvalue weighted by atomic mass is 32.2. The molecule has 0 radical (unpaired) electrons. The monoisotopic (exact) mass is 301 g/mol. The number of nitrogens with zero attached hydrogens (tertiary/aromatic N) is 2. The molecular formula is C12H13F2N3S2. The Morgan fingerprint density at radius 2 is 2.00 bits per heavy atom. The SMILES string of the molecule is CCCNc1nnc(-c2ccc(SC(F)F)cc2)s1. The number of hydrogen-bond donors (Lipinski definition) is 1. The van der Waals surface area contributed by atoms with Crippen LogP contribution in [0, 0.1) is 0 Å². The van der Waals surface area contributed by atoms with Gasteiger partial charge in [0.25, 0.3) is 5.76 Å². The maximum absolute atomic E-state index is 12.2. The van der Waals surface area contributed by atoms with Gasteiger partial charge in [-0.05, 0) is 18.6 Å². The summed E-state index contributed by atoms with van der Waals surface area (Å²) in [5, 5.41) is 12.8. The van der Waals surface area contributed by atoms with Crippen LogP contribution in [-0.2, 0) is 0 Å². The van der Waals surface area contributed by atoms with E-state index in [4.69, 9.17) is 0 Å². The molecule has 0 bridgehead atoms. The zero-order chi connectivity index (χ0) is 13.7. The summed E-state index contributed by atoms with van der Waals surface area (Å²) in [7, 11) is 0. The minimum Gasteiger partial charge on any atom is -0.360 e. The van der Waals surface area contributed by atoms with E-state index in [2.05, 4.69) is 22.4 Å². The van der Waals surface area contributed by atoms with Gasteiger partial charge in [-0.1, -0.05) is 42.2 Å². The number of thioether (sulfide) groups is 1. The van der Waals surface area contributed by atoms with E-state index in [0.29, 0.717) is 16.7 Å². The number of hydrogen-bond acceptors (Lipinski definition) is 5. The van der Waals surface area contributed by atoms with Crippen LogP contribution in [0.4, 0.5) is 13.9 Å². The fourth-order valence-corrected chi connectivity index (χ4v) is 2.70. The highest BCUT2D eigenvalue weighted by Crippen LogP contribution is 2.30. The quantitative estimate of drug-likeness (QED) is 0.805. The van der Waals surface area contributed by atoms with Crippen LogP contribution in [0.1, 0.15) is 13.3 Å². The van der Waals surface area contributed by atoms with E-state index in [0.717, 1.165) is 28.7 Å². The smallest absolute Gasteiger partial charge is 0.288 e. The Hall–Kier alpha value is -1.21. The van der Waals surface area contributed by atoms with Crippen molar-refractivity contribution in [1.29, 1.82) is 0 Å². The molecular weight excluding hydrogens is 288 g/mol. The predicted octanol–water partition coefficient (Wildman–Crippen LogP) is 4.34. The number of alkyl halides is 2. The van der Waals surface area contributed by atoms with E-state index in [1.165, 1.54) is 11.3 Å². The molecule has 2 aromatic rings. The first-order valence-electron chi connectivity index (χ1n) is 5.81. The molecule has 1 N–H and O–H groups in total. The number of halogens is 2. The van der Waals surface area contributed by atoms with Crippen LogP contribution >= 0.6 is 23.1 Å². The lowest BCUT2D eigenvalue weighted by molar-refractivity contribution is 0.252. The van der Waals surface area contributed by atoms with Crippen molar-refractivity contribution in [2.75, 3.05) is 11.9 Å². The Labute approximate surface area is 118 Å². The maximum Gasteiger partial charge on any atom is 0.288 e. The average molecular weight is 301 g/mol. The first kappa shape index (κ1) is 14.2. The lowest BCUT2D eigenvalue weighted by Gasteiger charge is -2.00. The molecule has 102 valence electrons. The summed E-state index contributed by atoms with van der Waals surface area (Å²) in [6, 6.07) is 6.92. The Balaban J connectivity index is 2.07. The molecule has 0 saturated carbocycles. The number of anilines is 1. The van der Waals surface area contributed by atoms with Gasteiger partial charge in [0.1, 0.15) is 5.01 Å². The third-order valence-electron chi connectivity index (χ3n) is 2.28. The summed E-state index contributed by atoms with van der Waals surface area (Å²) in [6.07, 6.45) is 1.02. The van der Waals surface area contributed by atoms with Gasteiger partial charge in [-0.2, -0.15) is 8.78 Å². The van der Waals surface area contributed by atoms with Gasteiger partial charge in [0, 0.05) is 17.0 Å². The fraction of sp³-hybridized carbons (Fsp3) is 0.333. The van der Waals surface area contributed by atoms with Gasteiger partial charge in [-0.25, -0.2) is 0 Å². The molecule has 2 rings (SSSR count). The van der Waals surface area contributed by atoms with E-state index in [-0.39, 0.29) is 0 Å². The van der Waals surface area contributed by atoms with Crippen molar-refractivity contribution < 1.29 is 8.78 Å². The highest BCUT2D eigenvalue weighted by Gasteiger charge is 2.08. The lowest BCUT2D eigenvalue weighted by atomic mass is 10.2. The van der Waals surface area contributed by atoms with Crippen LogP contribution in [0.2, 0.25) is 0 Å². The second-order valence-electron chi connectivity index (χ2n) is 3.74. The van der Waals surface area contributed by atoms with Crippen molar-refractivity contribution >= 4 is 28.2 Å². The van der Waals surface area contributed by atoms with Gasteiger partial charge < -0.3 is 5.32 Å². The van der Waals surface area contributed by atoms with Gasteiger partial charge in [0.05, 0.1) is 0 Å². The van der Waals surface area contributed by atoms with Crippen LogP contribution in [0.15, 0.2) is 29.2 Å². The van der Waals surface area contributed by atoms with Gasteiger partial charge in [0.2, 0.25) is 5.13 Å². The molecule has 0 saturated heterocycles. The number of nitrogens with one attached hydrogen (secondary N) is 1. The Bertz CT molecular complexity index is 514. The number of aromatic nitrogens is 2. The van der Waals surface area contributed by atoms with Gasteiger partial charge in [-0.3, -0.25) is 0 Å². The molecule has 1 aromatic heterocycles. The van der Waals surface area contributed by atoms with Gasteiger partial charge in [0.15, 0.2) is 0 Å². The van der Waals surface area contributed by atoms with Crippen molar-refractivity contribution in [2.24, 2.45) is 0 Å². The minimum absolute atomic E-state index is 0.540. The van der Waals surface area contributed by atoms with Gasteiger partial charge >= 0.3 is 0 Å². The maximum atomic E-state index is 12.2. The van der Waals surface area contributed by atoms with Crippen molar-refractivity contribution in [3.05, 3.63) is 24.3 Å². The summed E-state index contributed by atoms with van der Waals surface area (Å²) in [5.74, 6) is -2.39. The summed E-state index contributed by atoms with van der Waals surface area (Å²) in [5.41, 5.74) is 0.890. The average Bonchev–Trinajstić information content (AvgIpc) is 2.85. The summed E-state index contributed by atoms with van der Waals surface area (Å²) in [6.45, 7) is 2.94. The predicted molar refractivity (Wildman–Crippen MR) is 76.0 cm³/mol. The molecule has 0 spiro atoms. The van der Waals surface area contributed by atoms with Crippen LogP contribution in [0.5, 0.6) is 0 Å². The topological polar surface area (TPSA) is 37.8 Å². The second kappa shape index (κ2) is 6.81. The zero-order valence-electron chi connectivity index (χ0n) is 10.3. The van der Waals surface area contributed by atoms with Crippen molar-refractivity contribution in [3.8, 4) is 10.6 Å². The molecule has 0 aliphatic carbocycles. The minimum atomic E-state index is -2.39. The zero-order valence-corrected chi connectivity index (χ0v) is 11.9. The van der Waals surface area contributed by atoms with E-state index in [1.54, 1.807) is 24.3 Å². The van der Waals surface area contributed by atoms with Crippen LogP contribution in [0.25, 0.3) is 10.6 Å². The van der Waals surface area contributed by atoms with Gasteiger partial charge in [-0.15, -0.1) is 10.2 Å². The molecule has 0 aliphatic rings. The third-order valence-corrected chi connectivity index (χ3v) is 3.93. The summed E-state index contributed by atoms with van der Waals surface area (Å²) >= 11 is 2.00. The van der Waals surface area contributed by atoms with E-state index in [9.17, 15) is 8.78 Å². The largest absolute Gasteiger partial charge is 0.360 e. The first-order chi connectivity index (χ1) is 9.19. The molecule has 3 nitrogen and oxygen atoms in total. The first-order valence-corrected chi connectivity index (χ1v) is 7.51. The molecule has 0 amide bonds. The molecule has 1 aromatic carbocycles.